The topological polar surface area (TPSA) is 64.9 Å². The van der Waals surface area contributed by atoms with Crippen molar-refractivity contribution in [3.05, 3.63) is 48.2 Å². The molecule has 7 heteroatoms. The highest BCUT2D eigenvalue weighted by Gasteiger charge is 2.34. The number of aryl methyl sites for hydroxylation is 1. The minimum Gasteiger partial charge on any atom is -0.381 e. The van der Waals surface area contributed by atoms with E-state index in [-0.39, 0.29) is 11.2 Å². The molecule has 25 heavy (non-hydrogen) atoms. The predicted octanol–water partition coefficient (Wildman–Crippen LogP) is 2.66. The van der Waals surface area contributed by atoms with Crippen molar-refractivity contribution >= 4 is 16.9 Å². The second-order valence-electron chi connectivity index (χ2n) is 6.48. The SMILES string of the molecule is Cn1ncc2c(NCC3(c4ccc(F)cc4)CCOCC3)ncnc21. The van der Waals surface area contributed by atoms with Crippen LogP contribution >= 0.6 is 0 Å². The van der Waals surface area contributed by atoms with Crippen LogP contribution in [0, 0.1) is 5.82 Å². The number of benzene rings is 1. The summed E-state index contributed by atoms with van der Waals surface area (Å²) in [5, 5.41) is 8.61. The van der Waals surface area contributed by atoms with E-state index in [0.717, 1.165) is 35.3 Å². The van der Waals surface area contributed by atoms with Gasteiger partial charge in [-0.1, -0.05) is 12.1 Å². The van der Waals surface area contributed by atoms with Gasteiger partial charge in [-0.2, -0.15) is 5.10 Å². The van der Waals surface area contributed by atoms with E-state index in [1.807, 2.05) is 19.2 Å². The molecule has 0 spiro atoms. The number of halogens is 1. The fourth-order valence-corrected chi connectivity index (χ4v) is 3.49. The smallest absolute Gasteiger partial charge is 0.163 e. The largest absolute Gasteiger partial charge is 0.381 e. The summed E-state index contributed by atoms with van der Waals surface area (Å²) in [4.78, 5) is 8.65. The molecular weight excluding hydrogens is 321 g/mol. The van der Waals surface area contributed by atoms with Crippen LogP contribution in [0.2, 0.25) is 0 Å². The molecule has 4 rings (SSSR count). The molecule has 1 saturated heterocycles. The Bertz CT molecular complexity index is 871. The van der Waals surface area contributed by atoms with Gasteiger partial charge in [0.05, 0.1) is 11.6 Å². The number of aromatic nitrogens is 4. The highest BCUT2D eigenvalue weighted by molar-refractivity contribution is 5.86. The van der Waals surface area contributed by atoms with Crippen LogP contribution in [0.5, 0.6) is 0 Å². The van der Waals surface area contributed by atoms with Gasteiger partial charge in [-0.05, 0) is 30.5 Å². The van der Waals surface area contributed by atoms with Gasteiger partial charge in [0.2, 0.25) is 0 Å². The van der Waals surface area contributed by atoms with Crippen LogP contribution in [0.25, 0.3) is 11.0 Å². The van der Waals surface area contributed by atoms with Gasteiger partial charge in [-0.3, -0.25) is 4.68 Å². The second kappa shape index (κ2) is 6.40. The number of nitrogens with zero attached hydrogens (tertiary/aromatic N) is 4. The first-order valence-electron chi connectivity index (χ1n) is 8.38. The molecule has 1 fully saturated rings. The lowest BCUT2D eigenvalue weighted by Gasteiger charge is -2.38. The quantitative estimate of drug-likeness (QED) is 0.790. The lowest BCUT2D eigenvalue weighted by atomic mass is 9.74. The highest BCUT2D eigenvalue weighted by Crippen LogP contribution is 2.35. The Hall–Kier alpha value is -2.54. The second-order valence-corrected chi connectivity index (χ2v) is 6.48. The standard InChI is InChI=1S/C18H20FN5O/c1-24-17-15(10-23-24)16(21-12-22-17)20-11-18(6-8-25-9-7-18)13-2-4-14(19)5-3-13/h2-5,10,12H,6-9,11H2,1H3,(H,20,21,22). The van der Waals surface area contributed by atoms with E-state index in [9.17, 15) is 4.39 Å². The molecule has 0 atom stereocenters. The maximum absolute atomic E-state index is 13.3. The van der Waals surface area contributed by atoms with Crippen LogP contribution in [0.15, 0.2) is 36.8 Å². The van der Waals surface area contributed by atoms with Crippen molar-refractivity contribution in [3.8, 4) is 0 Å². The minimum absolute atomic E-state index is 0.106. The summed E-state index contributed by atoms with van der Waals surface area (Å²) >= 11 is 0. The van der Waals surface area contributed by atoms with Gasteiger partial charge in [0.15, 0.2) is 5.65 Å². The van der Waals surface area contributed by atoms with Crippen molar-refractivity contribution in [3.63, 3.8) is 0 Å². The molecule has 0 bridgehead atoms. The Kier molecular flexibility index (Phi) is 4.09. The van der Waals surface area contributed by atoms with Crippen molar-refractivity contribution < 1.29 is 9.13 Å². The number of ether oxygens (including phenoxy) is 1. The van der Waals surface area contributed by atoms with Crippen molar-refractivity contribution in [1.29, 1.82) is 0 Å². The number of hydrogen-bond acceptors (Lipinski definition) is 5. The normalized spacial score (nSPS) is 16.9. The maximum atomic E-state index is 13.3. The van der Waals surface area contributed by atoms with E-state index < -0.39 is 0 Å². The van der Waals surface area contributed by atoms with Crippen LogP contribution in [0.1, 0.15) is 18.4 Å². The first-order chi connectivity index (χ1) is 12.2. The summed E-state index contributed by atoms with van der Waals surface area (Å²) in [7, 11) is 1.86. The zero-order chi connectivity index (χ0) is 17.3. The Morgan fingerprint density at radius 2 is 1.96 bits per heavy atom. The number of anilines is 1. The molecule has 1 aliphatic rings. The molecule has 1 N–H and O–H groups in total. The van der Waals surface area contributed by atoms with E-state index in [1.165, 1.54) is 12.1 Å². The van der Waals surface area contributed by atoms with Gasteiger partial charge in [0.25, 0.3) is 0 Å². The first-order valence-corrected chi connectivity index (χ1v) is 8.38. The van der Waals surface area contributed by atoms with Gasteiger partial charge in [0.1, 0.15) is 18.0 Å². The van der Waals surface area contributed by atoms with Gasteiger partial charge in [0, 0.05) is 32.2 Å². The van der Waals surface area contributed by atoms with Crippen LogP contribution in [-0.2, 0) is 17.2 Å². The van der Waals surface area contributed by atoms with Gasteiger partial charge < -0.3 is 10.1 Å². The molecule has 2 aromatic heterocycles. The highest BCUT2D eigenvalue weighted by atomic mass is 19.1. The minimum atomic E-state index is -0.216. The van der Waals surface area contributed by atoms with E-state index in [0.29, 0.717) is 19.8 Å². The molecule has 0 radical (unpaired) electrons. The third-order valence-electron chi connectivity index (χ3n) is 5.03. The first kappa shape index (κ1) is 16.0. The average molecular weight is 341 g/mol. The lowest BCUT2D eigenvalue weighted by Crippen LogP contribution is -2.40. The van der Waals surface area contributed by atoms with E-state index >= 15 is 0 Å². The summed E-state index contributed by atoms with van der Waals surface area (Å²) < 4.78 is 20.6. The summed E-state index contributed by atoms with van der Waals surface area (Å²) in [6.45, 7) is 2.10. The lowest BCUT2D eigenvalue weighted by molar-refractivity contribution is 0.0543. The molecule has 0 saturated carbocycles. The number of nitrogens with one attached hydrogen (secondary N) is 1. The van der Waals surface area contributed by atoms with Crippen molar-refractivity contribution in [2.24, 2.45) is 7.05 Å². The third-order valence-corrected chi connectivity index (χ3v) is 5.03. The summed E-state index contributed by atoms with van der Waals surface area (Å²) in [6.07, 6.45) is 5.08. The molecule has 6 nitrogen and oxygen atoms in total. The molecule has 3 heterocycles. The van der Waals surface area contributed by atoms with E-state index in [2.05, 4.69) is 20.4 Å². The van der Waals surface area contributed by atoms with Gasteiger partial charge in [-0.25, -0.2) is 14.4 Å². The summed E-state index contributed by atoms with van der Waals surface area (Å²) in [5.74, 6) is 0.554. The number of rotatable bonds is 4. The molecular formula is C18H20FN5O. The Morgan fingerprint density at radius 1 is 1.20 bits per heavy atom. The van der Waals surface area contributed by atoms with E-state index in [4.69, 9.17) is 4.74 Å². The van der Waals surface area contributed by atoms with Crippen LogP contribution in [0.3, 0.4) is 0 Å². The molecule has 0 aliphatic carbocycles. The van der Waals surface area contributed by atoms with Gasteiger partial charge in [-0.15, -0.1) is 0 Å². The molecule has 130 valence electrons. The predicted molar refractivity (Wildman–Crippen MR) is 92.9 cm³/mol. The fraction of sp³-hybridized carbons (Fsp3) is 0.389. The van der Waals surface area contributed by atoms with Crippen LogP contribution in [-0.4, -0.2) is 39.5 Å². The van der Waals surface area contributed by atoms with Crippen molar-refractivity contribution in [2.75, 3.05) is 25.1 Å². The number of fused-ring (bicyclic) bond motifs is 1. The maximum Gasteiger partial charge on any atom is 0.163 e. The summed E-state index contributed by atoms with van der Waals surface area (Å²) in [5.41, 5.74) is 1.81. The average Bonchev–Trinajstić information content (AvgIpc) is 3.03. The van der Waals surface area contributed by atoms with Crippen molar-refractivity contribution in [2.45, 2.75) is 18.3 Å². The Morgan fingerprint density at radius 3 is 2.72 bits per heavy atom. The fourth-order valence-electron chi connectivity index (χ4n) is 3.49. The number of hydrogen-bond donors (Lipinski definition) is 1. The monoisotopic (exact) mass is 341 g/mol. The van der Waals surface area contributed by atoms with E-state index in [1.54, 1.807) is 17.2 Å². The Labute approximate surface area is 145 Å². The molecule has 1 aliphatic heterocycles. The Balaban J connectivity index is 1.64. The third kappa shape index (κ3) is 2.95. The zero-order valence-electron chi connectivity index (χ0n) is 14.1. The molecule has 1 aromatic carbocycles. The summed E-state index contributed by atoms with van der Waals surface area (Å²) in [6, 6.07) is 6.80. The van der Waals surface area contributed by atoms with Crippen molar-refractivity contribution in [1.82, 2.24) is 19.7 Å². The van der Waals surface area contributed by atoms with Crippen LogP contribution < -0.4 is 5.32 Å². The molecule has 0 amide bonds. The van der Waals surface area contributed by atoms with Gasteiger partial charge >= 0.3 is 0 Å². The zero-order valence-corrected chi connectivity index (χ0v) is 14.1. The molecule has 0 unspecified atom stereocenters. The van der Waals surface area contributed by atoms with Crippen LogP contribution in [0.4, 0.5) is 10.2 Å². The molecule has 3 aromatic rings.